The molecule has 1 N–H and O–H groups in total. The number of benzene rings is 2. The van der Waals surface area contributed by atoms with E-state index in [1.807, 2.05) is 6.07 Å². The second kappa shape index (κ2) is 7.74. The number of amides is 1. The van der Waals surface area contributed by atoms with Gasteiger partial charge in [0.1, 0.15) is 5.15 Å². The van der Waals surface area contributed by atoms with Crippen molar-refractivity contribution in [3.63, 3.8) is 0 Å². The molecule has 0 radical (unpaired) electrons. The van der Waals surface area contributed by atoms with Crippen LogP contribution in [0.5, 0.6) is 11.5 Å². The van der Waals surface area contributed by atoms with Gasteiger partial charge in [-0.1, -0.05) is 35.9 Å². The molecule has 2 aromatic carbocycles. The Balaban J connectivity index is 1.35. The van der Waals surface area contributed by atoms with E-state index in [-0.39, 0.29) is 24.1 Å². The van der Waals surface area contributed by atoms with E-state index in [0.29, 0.717) is 22.4 Å². The number of hydrogen-bond donors (Lipinski definition) is 1. The number of pyridine rings is 1. The fraction of sp³-hybridized carbons (Fsp3) is 0.150. The van der Waals surface area contributed by atoms with Crippen LogP contribution in [-0.2, 0) is 16.1 Å². The molecule has 1 aliphatic heterocycles. The van der Waals surface area contributed by atoms with Gasteiger partial charge in [0.05, 0.1) is 11.1 Å². The number of para-hydroxylation sites is 1. The molecule has 0 unspecified atom stereocenters. The largest absolute Gasteiger partial charge is 0.454 e. The van der Waals surface area contributed by atoms with Crippen LogP contribution >= 0.6 is 11.6 Å². The molecule has 3 aromatic rings. The zero-order chi connectivity index (χ0) is 19.5. The molecule has 8 heteroatoms. The number of esters is 1. The molecule has 7 nitrogen and oxygen atoms in total. The Labute approximate surface area is 165 Å². The monoisotopic (exact) mass is 398 g/mol. The molecule has 0 atom stereocenters. The number of carbonyl (C=O) groups is 2. The Morgan fingerprint density at radius 1 is 1.11 bits per heavy atom. The van der Waals surface area contributed by atoms with Crippen molar-refractivity contribution in [2.75, 3.05) is 13.4 Å². The first-order chi connectivity index (χ1) is 13.6. The minimum absolute atomic E-state index is 0.179. The quantitative estimate of drug-likeness (QED) is 0.525. The normalized spacial score (nSPS) is 12.0. The highest BCUT2D eigenvalue weighted by molar-refractivity contribution is 6.30. The van der Waals surface area contributed by atoms with Crippen molar-refractivity contribution in [1.82, 2.24) is 10.3 Å². The van der Waals surface area contributed by atoms with Crippen molar-refractivity contribution in [3.8, 4) is 11.5 Å². The second-order valence-electron chi connectivity index (χ2n) is 6.05. The number of nitrogens with zero attached hydrogens (tertiary/aromatic N) is 1. The third-order valence-corrected chi connectivity index (χ3v) is 4.36. The maximum atomic E-state index is 12.4. The standard InChI is InChI=1S/C20H15ClN2O5/c21-18-8-14(13-3-1-2-4-15(13)23-18)20(25)26-10-19(24)22-9-12-5-6-16-17(7-12)28-11-27-16/h1-8H,9-11H2,(H,22,24). The van der Waals surface area contributed by atoms with E-state index in [0.717, 1.165) is 5.56 Å². The lowest BCUT2D eigenvalue weighted by atomic mass is 10.1. The number of halogens is 1. The van der Waals surface area contributed by atoms with Crippen molar-refractivity contribution < 1.29 is 23.8 Å². The highest BCUT2D eigenvalue weighted by Gasteiger charge is 2.16. The number of carbonyl (C=O) groups excluding carboxylic acids is 2. The average Bonchev–Trinajstić information content (AvgIpc) is 3.17. The van der Waals surface area contributed by atoms with Gasteiger partial charge in [-0.25, -0.2) is 9.78 Å². The van der Waals surface area contributed by atoms with Gasteiger partial charge in [0, 0.05) is 11.9 Å². The molecule has 1 aliphatic rings. The highest BCUT2D eigenvalue weighted by atomic mass is 35.5. The Morgan fingerprint density at radius 3 is 2.82 bits per heavy atom. The van der Waals surface area contributed by atoms with Gasteiger partial charge < -0.3 is 19.5 Å². The van der Waals surface area contributed by atoms with Crippen LogP contribution in [0.2, 0.25) is 5.15 Å². The first-order valence-corrected chi connectivity index (χ1v) is 8.85. The van der Waals surface area contributed by atoms with Gasteiger partial charge >= 0.3 is 5.97 Å². The maximum Gasteiger partial charge on any atom is 0.339 e. The molecule has 1 amide bonds. The van der Waals surface area contributed by atoms with Crippen molar-refractivity contribution in [2.45, 2.75) is 6.54 Å². The average molecular weight is 399 g/mol. The highest BCUT2D eigenvalue weighted by Crippen LogP contribution is 2.32. The van der Waals surface area contributed by atoms with E-state index in [4.69, 9.17) is 25.8 Å². The van der Waals surface area contributed by atoms with Gasteiger partial charge in [-0.05, 0) is 29.8 Å². The Bertz CT molecular complexity index is 1070. The summed E-state index contributed by atoms with van der Waals surface area (Å²) in [7, 11) is 0. The van der Waals surface area contributed by atoms with Crippen LogP contribution < -0.4 is 14.8 Å². The van der Waals surface area contributed by atoms with Crippen LogP contribution in [0, 0.1) is 0 Å². The molecule has 0 saturated carbocycles. The summed E-state index contributed by atoms with van der Waals surface area (Å²) >= 11 is 5.97. The minimum Gasteiger partial charge on any atom is -0.454 e. The van der Waals surface area contributed by atoms with Crippen LogP contribution in [0.1, 0.15) is 15.9 Å². The topological polar surface area (TPSA) is 86.8 Å². The minimum atomic E-state index is -0.640. The summed E-state index contributed by atoms with van der Waals surface area (Å²) in [6, 6.07) is 13.9. The first kappa shape index (κ1) is 18.1. The predicted octanol–water partition coefficient (Wildman–Crippen LogP) is 3.09. The van der Waals surface area contributed by atoms with E-state index in [1.54, 1.807) is 36.4 Å². The summed E-state index contributed by atoms with van der Waals surface area (Å²) in [5.74, 6) is 0.251. The van der Waals surface area contributed by atoms with Crippen LogP contribution in [0.4, 0.5) is 0 Å². The van der Waals surface area contributed by atoms with Crippen molar-refractivity contribution >= 4 is 34.4 Å². The smallest absolute Gasteiger partial charge is 0.339 e. The number of aromatic nitrogens is 1. The second-order valence-corrected chi connectivity index (χ2v) is 6.44. The lowest BCUT2D eigenvalue weighted by molar-refractivity contribution is -0.124. The molecule has 0 saturated heterocycles. The SMILES string of the molecule is O=C(COC(=O)c1cc(Cl)nc2ccccc12)NCc1ccc2c(c1)OCO2. The van der Waals surface area contributed by atoms with E-state index in [9.17, 15) is 9.59 Å². The Morgan fingerprint density at radius 2 is 1.93 bits per heavy atom. The fourth-order valence-electron chi connectivity index (χ4n) is 2.82. The molecule has 28 heavy (non-hydrogen) atoms. The van der Waals surface area contributed by atoms with Gasteiger partial charge in [-0.15, -0.1) is 0 Å². The molecule has 1 aromatic heterocycles. The molecule has 142 valence electrons. The number of fused-ring (bicyclic) bond motifs is 2. The van der Waals surface area contributed by atoms with Gasteiger partial charge in [-0.3, -0.25) is 4.79 Å². The molecule has 4 rings (SSSR count). The lowest BCUT2D eigenvalue weighted by Crippen LogP contribution is -2.28. The zero-order valence-corrected chi connectivity index (χ0v) is 15.4. The molecule has 0 fully saturated rings. The molecule has 0 spiro atoms. The number of rotatable bonds is 5. The summed E-state index contributed by atoms with van der Waals surface area (Å²) in [6.07, 6.45) is 0. The van der Waals surface area contributed by atoms with E-state index in [2.05, 4.69) is 10.3 Å². The molecule has 2 heterocycles. The number of ether oxygens (including phenoxy) is 3. The van der Waals surface area contributed by atoms with Crippen LogP contribution in [0.15, 0.2) is 48.5 Å². The number of nitrogens with one attached hydrogen (secondary N) is 1. The van der Waals surface area contributed by atoms with E-state index in [1.165, 1.54) is 6.07 Å². The van der Waals surface area contributed by atoms with Crippen LogP contribution in [-0.4, -0.2) is 30.3 Å². The molecular weight excluding hydrogens is 384 g/mol. The Kier molecular flexibility index (Phi) is 4.99. The molecule has 0 aliphatic carbocycles. The van der Waals surface area contributed by atoms with E-state index >= 15 is 0 Å². The van der Waals surface area contributed by atoms with Gasteiger partial charge in [-0.2, -0.15) is 0 Å². The summed E-state index contributed by atoms with van der Waals surface area (Å²) in [5, 5.41) is 3.48. The summed E-state index contributed by atoms with van der Waals surface area (Å²) in [6.45, 7) is 0.0590. The summed E-state index contributed by atoms with van der Waals surface area (Å²) < 4.78 is 15.7. The van der Waals surface area contributed by atoms with Crippen LogP contribution in [0.3, 0.4) is 0 Å². The van der Waals surface area contributed by atoms with Gasteiger partial charge in [0.15, 0.2) is 18.1 Å². The third kappa shape index (κ3) is 3.84. The van der Waals surface area contributed by atoms with Crippen molar-refractivity contribution in [3.05, 3.63) is 64.8 Å². The fourth-order valence-corrected chi connectivity index (χ4v) is 3.02. The Hall–Kier alpha value is -3.32. The van der Waals surface area contributed by atoms with Crippen molar-refractivity contribution in [2.24, 2.45) is 0 Å². The zero-order valence-electron chi connectivity index (χ0n) is 14.6. The predicted molar refractivity (Wildman–Crippen MR) is 101 cm³/mol. The summed E-state index contributed by atoms with van der Waals surface area (Å²) in [5.41, 5.74) is 1.68. The number of hydrogen-bond acceptors (Lipinski definition) is 6. The van der Waals surface area contributed by atoms with E-state index < -0.39 is 18.5 Å². The lowest BCUT2D eigenvalue weighted by Gasteiger charge is -2.09. The van der Waals surface area contributed by atoms with Gasteiger partial charge in [0.2, 0.25) is 6.79 Å². The maximum absolute atomic E-state index is 12.4. The van der Waals surface area contributed by atoms with Crippen LogP contribution in [0.25, 0.3) is 10.9 Å². The third-order valence-electron chi connectivity index (χ3n) is 4.17. The molecule has 0 bridgehead atoms. The summed E-state index contributed by atoms with van der Waals surface area (Å²) in [4.78, 5) is 28.6. The van der Waals surface area contributed by atoms with Gasteiger partial charge in [0.25, 0.3) is 5.91 Å². The van der Waals surface area contributed by atoms with Crippen molar-refractivity contribution in [1.29, 1.82) is 0 Å². The first-order valence-electron chi connectivity index (χ1n) is 8.48. The molecular formula is C20H15ClN2O5.